The van der Waals surface area contributed by atoms with Gasteiger partial charge in [0.25, 0.3) is 0 Å². The fourth-order valence-electron chi connectivity index (χ4n) is 2.93. The lowest BCUT2D eigenvalue weighted by molar-refractivity contribution is -0.139. The molecule has 0 bridgehead atoms. The first kappa shape index (κ1) is 21.0. The summed E-state index contributed by atoms with van der Waals surface area (Å²) in [6.45, 7) is 1.54. The van der Waals surface area contributed by atoms with Crippen molar-refractivity contribution in [2.45, 2.75) is 18.6 Å². The molecule has 0 aromatic heterocycles. The molecule has 2 N–H and O–H groups in total. The van der Waals surface area contributed by atoms with Crippen molar-refractivity contribution in [3.63, 3.8) is 0 Å². The number of carbonyl (C=O) groups is 1. The summed E-state index contributed by atoms with van der Waals surface area (Å²) in [6, 6.07) is 14.8. The van der Waals surface area contributed by atoms with Crippen molar-refractivity contribution >= 4 is 41.5 Å². The Kier molecular flexibility index (Phi) is 7.74. The summed E-state index contributed by atoms with van der Waals surface area (Å²) in [4.78, 5) is 14.4. The van der Waals surface area contributed by atoms with Crippen molar-refractivity contribution in [3.05, 3.63) is 69.7 Å². The highest BCUT2D eigenvalue weighted by molar-refractivity contribution is 6.42. The van der Waals surface area contributed by atoms with E-state index < -0.39 is 0 Å². The maximum Gasteiger partial charge on any atom is 0.224 e. The standard InChI is InChI=1S/C19H20Cl2N2O2.ClH/c20-15-7-6-14(10-16(15)21)18-12-23(8-9-25-18)19(24)11-17(22)13-4-2-1-3-5-13;/h1-7,10,17-18H,8-9,11-12,22H2;1H. The van der Waals surface area contributed by atoms with Crippen LogP contribution in [0.4, 0.5) is 0 Å². The second kappa shape index (κ2) is 9.58. The molecule has 0 spiro atoms. The van der Waals surface area contributed by atoms with Crippen LogP contribution in [0.3, 0.4) is 0 Å². The van der Waals surface area contributed by atoms with Crippen molar-refractivity contribution in [1.82, 2.24) is 4.90 Å². The van der Waals surface area contributed by atoms with Crippen LogP contribution < -0.4 is 5.73 Å². The average molecular weight is 416 g/mol. The molecule has 2 unspecified atom stereocenters. The molecule has 2 aromatic carbocycles. The van der Waals surface area contributed by atoms with Gasteiger partial charge in [-0.3, -0.25) is 4.79 Å². The van der Waals surface area contributed by atoms with Crippen LogP contribution in [-0.4, -0.2) is 30.5 Å². The molecule has 1 amide bonds. The Labute approximate surface area is 169 Å². The molecule has 1 saturated heterocycles. The molecule has 26 heavy (non-hydrogen) atoms. The largest absolute Gasteiger partial charge is 0.370 e. The summed E-state index contributed by atoms with van der Waals surface area (Å²) in [7, 11) is 0. The Hall–Kier alpha value is -1.30. The molecule has 4 nitrogen and oxygen atoms in total. The van der Waals surface area contributed by atoms with Gasteiger partial charge in [0, 0.05) is 19.0 Å². The van der Waals surface area contributed by atoms with Crippen LogP contribution in [0.15, 0.2) is 48.5 Å². The van der Waals surface area contributed by atoms with Gasteiger partial charge >= 0.3 is 0 Å². The van der Waals surface area contributed by atoms with E-state index in [4.69, 9.17) is 33.7 Å². The van der Waals surface area contributed by atoms with Gasteiger partial charge in [-0.1, -0.05) is 59.6 Å². The average Bonchev–Trinajstić information content (AvgIpc) is 2.64. The van der Waals surface area contributed by atoms with Gasteiger partial charge in [-0.05, 0) is 23.3 Å². The zero-order chi connectivity index (χ0) is 17.8. The van der Waals surface area contributed by atoms with E-state index >= 15 is 0 Å². The van der Waals surface area contributed by atoms with Crippen LogP contribution in [0.2, 0.25) is 10.0 Å². The maximum absolute atomic E-state index is 12.6. The minimum atomic E-state index is -0.306. The number of ether oxygens (including phenoxy) is 1. The van der Waals surface area contributed by atoms with Crippen LogP contribution in [0.1, 0.15) is 29.7 Å². The first-order chi connectivity index (χ1) is 12.0. The van der Waals surface area contributed by atoms with Crippen molar-refractivity contribution in [3.8, 4) is 0 Å². The van der Waals surface area contributed by atoms with Gasteiger partial charge in [-0.2, -0.15) is 0 Å². The van der Waals surface area contributed by atoms with Gasteiger partial charge in [0.15, 0.2) is 0 Å². The minimum Gasteiger partial charge on any atom is -0.370 e. The summed E-state index contributed by atoms with van der Waals surface area (Å²) in [5.74, 6) is 0.0321. The van der Waals surface area contributed by atoms with E-state index in [1.165, 1.54) is 0 Å². The molecule has 1 aliphatic heterocycles. The lowest BCUT2D eigenvalue weighted by atomic mass is 10.0. The summed E-state index contributed by atoms with van der Waals surface area (Å²) in [5, 5.41) is 0.986. The monoisotopic (exact) mass is 414 g/mol. The van der Waals surface area contributed by atoms with Gasteiger partial charge in [0.1, 0.15) is 6.10 Å². The quantitative estimate of drug-likeness (QED) is 0.805. The van der Waals surface area contributed by atoms with E-state index in [1.807, 2.05) is 36.4 Å². The third-order valence-corrected chi connectivity index (χ3v) is 5.10. The third-order valence-electron chi connectivity index (χ3n) is 4.36. The molecular formula is C19H21Cl3N2O2. The molecule has 1 heterocycles. The molecule has 2 atom stereocenters. The third kappa shape index (κ3) is 5.12. The molecule has 7 heteroatoms. The Morgan fingerprint density at radius 1 is 1.19 bits per heavy atom. The first-order valence-corrected chi connectivity index (χ1v) is 8.95. The first-order valence-electron chi connectivity index (χ1n) is 8.19. The van der Waals surface area contributed by atoms with Gasteiger partial charge in [0.05, 0.1) is 23.2 Å². The molecule has 140 valence electrons. The number of halogens is 3. The predicted molar refractivity (Wildman–Crippen MR) is 107 cm³/mol. The number of carbonyl (C=O) groups excluding carboxylic acids is 1. The molecule has 0 radical (unpaired) electrons. The van der Waals surface area contributed by atoms with Gasteiger partial charge in [-0.15, -0.1) is 12.4 Å². The Morgan fingerprint density at radius 3 is 2.62 bits per heavy atom. The predicted octanol–water partition coefficient (Wildman–Crippen LogP) is 4.41. The highest BCUT2D eigenvalue weighted by atomic mass is 35.5. The van der Waals surface area contributed by atoms with E-state index in [1.54, 1.807) is 17.0 Å². The fraction of sp³-hybridized carbons (Fsp3) is 0.316. The number of benzene rings is 2. The molecular weight excluding hydrogens is 395 g/mol. The second-order valence-corrected chi connectivity index (χ2v) is 6.91. The zero-order valence-electron chi connectivity index (χ0n) is 14.1. The molecule has 1 aliphatic rings. The van der Waals surface area contributed by atoms with Crippen LogP contribution in [0.25, 0.3) is 0 Å². The zero-order valence-corrected chi connectivity index (χ0v) is 16.4. The van der Waals surface area contributed by atoms with E-state index in [-0.39, 0.29) is 36.9 Å². The summed E-state index contributed by atoms with van der Waals surface area (Å²) in [5.41, 5.74) is 8.05. The Bertz CT molecular complexity index is 743. The summed E-state index contributed by atoms with van der Waals surface area (Å²) in [6.07, 6.45) is 0.0680. The van der Waals surface area contributed by atoms with E-state index in [9.17, 15) is 4.79 Å². The molecule has 0 saturated carbocycles. The number of amides is 1. The SMILES string of the molecule is Cl.NC(CC(=O)N1CCOC(c2ccc(Cl)c(Cl)c2)C1)c1ccccc1. The number of nitrogens with zero attached hydrogens (tertiary/aromatic N) is 1. The normalized spacial score (nSPS) is 18.1. The minimum absolute atomic E-state index is 0. The van der Waals surface area contributed by atoms with Crippen molar-refractivity contribution in [2.24, 2.45) is 5.73 Å². The maximum atomic E-state index is 12.6. The highest BCUT2D eigenvalue weighted by Crippen LogP contribution is 2.29. The summed E-state index contributed by atoms with van der Waals surface area (Å²) >= 11 is 12.0. The fourth-order valence-corrected chi connectivity index (χ4v) is 3.23. The summed E-state index contributed by atoms with van der Waals surface area (Å²) < 4.78 is 5.80. The number of rotatable bonds is 4. The van der Waals surface area contributed by atoms with E-state index in [0.717, 1.165) is 11.1 Å². The van der Waals surface area contributed by atoms with Crippen LogP contribution in [0, 0.1) is 0 Å². The second-order valence-electron chi connectivity index (χ2n) is 6.09. The topological polar surface area (TPSA) is 55.6 Å². The Balaban J connectivity index is 0.00000243. The smallest absolute Gasteiger partial charge is 0.224 e. The Morgan fingerprint density at radius 2 is 1.92 bits per heavy atom. The molecule has 3 rings (SSSR count). The number of hydrogen-bond donors (Lipinski definition) is 1. The molecule has 1 fully saturated rings. The lowest BCUT2D eigenvalue weighted by Crippen LogP contribution is -2.43. The number of hydrogen-bond acceptors (Lipinski definition) is 3. The van der Waals surface area contributed by atoms with Crippen LogP contribution in [0.5, 0.6) is 0 Å². The molecule has 0 aliphatic carbocycles. The van der Waals surface area contributed by atoms with Gasteiger partial charge in [-0.25, -0.2) is 0 Å². The van der Waals surface area contributed by atoms with E-state index in [2.05, 4.69) is 0 Å². The van der Waals surface area contributed by atoms with E-state index in [0.29, 0.717) is 29.7 Å². The van der Waals surface area contributed by atoms with Crippen LogP contribution >= 0.6 is 35.6 Å². The molecule has 2 aromatic rings. The lowest BCUT2D eigenvalue weighted by Gasteiger charge is -2.34. The van der Waals surface area contributed by atoms with Gasteiger partial charge < -0.3 is 15.4 Å². The number of nitrogens with two attached hydrogens (primary N) is 1. The van der Waals surface area contributed by atoms with Crippen molar-refractivity contribution < 1.29 is 9.53 Å². The van der Waals surface area contributed by atoms with Crippen molar-refractivity contribution in [2.75, 3.05) is 19.7 Å². The van der Waals surface area contributed by atoms with Crippen molar-refractivity contribution in [1.29, 1.82) is 0 Å². The number of morpholine rings is 1. The van der Waals surface area contributed by atoms with Crippen LogP contribution in [-0.2, 0) is 9.53 Å². The highest BCUT2D eigenvalue weighted by Gasteiger charge is 2.26. The van der Waals surface area contributed by atoms with Gasteiger partial charge in [0.2, 0.25) is 5.91 Å².